The average molecular weight is 471 g/mol. The summed E-state index contributed by atoms with van der Waals surface area (Å²) in [6, 6.07) is 25.2. The smallest absolute Gasteiger partial charge is 0.253 e. The van der Waals surface area contributed by atoms with Crippen molar-refractivity contribution in [1.82, 2.24) is 9.80 Å². The van der Waals surface area contributed by atoms with Crippen LogP contribution in [0, 0.1) is 0 Å². The monoisotopic (exact) mass is 470 g/mol. The maximum absolute atomic E-state index is 13.1. The average Bonchev–Trinajstić information content (AvgIpc) is 3.08. The molecule has 0 spiro atoms. The van der Waals surface area contributed by atoms with Gasteiger partial charge in [0.15, 0.2) is 0 Å². The van der Waals surface area contributed by atoms with Gasteiger partial charge < -0.3 is 19.3 Å². The maximum Gasteiger partial charge on any atom is 0.253 e. The number of ether oxygens (including phenoxy) is 2. The zero-order valence-corrected chi connectivity index (χ0v) is 20.8. The molecule has 5 heteroatoms. The normalized spacial score (nSPS) is 21.5. The largest absolute Gasteiger partial charge is 0.497 e. The van der Waals surface area contributed by atoms with Gasteiger partial charge in [0.2, 0.25) is 0 Å². The molecule has 0 N–H and O–H groups in total. The van der Waals surface area contributed by atoms with Gasteiger partial charge in [-0.1, -0.05) is 36.4 Å². The molecule has 5 rings (SSSR count). The van der Waals surface area contributed by atoms with Gasteiger partial charge in [-0.05, 0) is 85.8 Å². The fourth-order valence-corrected chi connectivity index (χ4v) is 5.52. The highest BCUT2D eigenvalue weighted by Crippen LogP contribution is 2.36. The quantitative estimate of drug-likeness (QED) is 0.448. The summed E-state index contributed by atoms with van der Waals surface area (Å²) in [7, 11) is 5.76. The molecule has 3 aromatic rings. The van der Waals surface area contributed by atoms with Gasteiger partial charge in [0.25, 0.3) is 5.91 Å². The molecule has 35 heavy (non-hydrogen) atoms. The summed E-state index contributed by atoms with van der Waals surface area (Å²) >= 11 is 0. The Morgan fingerprint density at radius 2 is 1.54 bits per heavy atom. The molecule has 1 amide bonds. The van der Waals surface area contributed by atoms with Crippen molar-refractivity contribution in [2.45, 2.75) is 50.4 Å². The molecule has 0 aliphatic carbocycles. The summed E-state index contributed by atoms with van der Waals surface area (Å²) in [4.78, 5) is 17.4. The Labute approximate surface area is 208 Å². The minimum Gasteiger partial charge on any atom is -0.497 e. The molecule has 0 unspecified atom stereocenters. The van der Waals surface area contributed by atoms with E-state index in [0.717, 1.165) is 41.0 Å². The molecule has 0 saturated carbocycles. The van der Waals surface area contributed by atoms with Gasteiger partial charge in [0.05, 0.1) is 7.11 Å². The lowest BCUT2D eigenvalue weighted by Crippen LogP contribution is -2.43. The summed E-state index contributed by atoms with van der Waals surface area (Å²) in [5.41, 5.74) is 3.91. The molecular formula is C30H34N2O3. The van der Waals surface area contributed by atoms with Gasteiger partial charge in [-0.15, -0.1) is 0 Å². The van der Waals surface area contributed by atoms with E-state index in [4.69, 9.17) is 9.47 Å². The van der Waals surface area contributed by atoms with Crippen molar-refractivity contribution in [3.8, 4) is 22.6 Å². The first-order valence-electron chi connectivity index (χ1n) is 12.5. The second-order valence-corrected chi connectivity index (χ2v) is 9.88. The van der Waals surface area contributed by atoms with Crippen LogP contribution in [0.2, 0.25) is 0 Å². The van der Waals surface area contributed by atoms with Crippen LogP contribution in [0.5, 0.6) is 11.5 Å². The van der Waals surface area contributed by atoms with E-state index in [9.17, 15) is 4.79 Å². The standard InChI is InChI=1S/C30H34N2O3/c1-31(30(33)24-9-7-22(8-10-24)23-11-15-27(34-3)16-12-23)20-21-5-4-6-28(17-21)35-29-18-25-13-14-26(19-29)32(25)2/h4-12,15-17,25-26,29H,13-14,18-20H2,1-3H3/t25-,26+,29-. The first kappa shape index (κ1) is 23.4. The number of amides is 1. The predicted octanol–water partition coefficient (Wildman–Crippen LogP) is 5.64. The number of rotatable bonds is 7. The van der Waals surface area contributed by atoms with Crippen molar-refractivity contribution in [3.05, 3.63) is 83.9 Å². The highest BCUT2D eigenvalue weighted by Gasteiger charge is 2.39. The van der Waals surface area contributed by atoms with Gasteiger partial charge >= 0.3 is 0 Å². The third-order valence-electron chi connectivity index (χ3n) is 7.58. The molecule has 2 fully saturated rings. The SMILES string of the molecule is COc1ccc(-c2ccc(C(=O)N(C)Cc3cccc(O[C@@H]4C[C@H]5CC[C@@H](C4)N5C)c3)cc2)cc1. The lowest BCUT2D eigenvalue weighted by Gasteiger charge is -2.36. The molecule has 5 nitrogen and oxygen atoms in total. The minimum absolute atomic E-state index is 0.00416. The van der Waals surface area contributed by atoms with E-state index in [1.54, 1.807) is 12.0 Å². The number of fused-ring (bicyclic) bond motifs is 2. The van der Waals surface area contributed by atoms with Crippen LogP contribution in [0.15, 0.2) is 72.8 Å². The molecule has 3 aromatic carbocycles. The fourth-order valence-electron chi connectivity index (χ4n) is 5.52. The van der Waals surface area contributed by atoms with Crippen molar-refractivity contribution < 1.29 is 14.3 Å². The zero-order valence-electron chi connectivity index (χ0n) is 20.8. The van der Waals surface area contributed by atoms with E-state index < -0.39 is 0 Å². The zero-order chi connectivity index (χ0) is 24.4. The van der Waals surface area contributed by atoms with E-state index in [0.29, 0.717) is 24.2 Å². The maximum atomic E-state index is 13.1. The van der Waals surface area contributed by atoms with Crippen LogP contribution >= 0.6 is 0 Å². The highest BCUT2D eigenvalue weighted by molar-refractivity contribution is 5.94. The summed E-state index contributed by atoms with van der Waals surface area (Å²) in [6.45, 7) is 0.537. The highest BCUT2D eigenvalue weighted by atomic mass is 16.5. The Bertz CT molecular complexity index is 1140. The van der Waals surface area contributed by atoms with E-state index in [2.05, 4.69) is 24.1 Å². The summed E-state index contributed by atoms with van der Waals surface area (Å²) in [6.07, 6.45) is 5.05. The van der Waals surface area contributed by atoms with Gasteiger partial charge in [0.1, 0.15) is 17.6 Å². The number of hydrogen-bond acceptors (Lipinski definition) is 4. The van der Waals surface area contributed by atoms with Gasteiger partial charge in [-0.2, -0.15) is 0 Å². The van der Waals surface area contributed by atoms with Crippen LogP contribution in [-0.2, 0) is 6.54 Å². The Morgan fingerprint density at radius 1 is 0.914 bits per heavy atom. The molecule has 2 heterocycles. The Kier molecular flexibility index (Phi) is 6.78. The Hall–Kier alpha value is -3.31. The van der Waals surface area contributed by atoms with E-state index in [1.165, 1.54) is 12.8 Å². The number of nitrogens with zero attached hydrogens (tertiary/aromatic N) is 2. The molecule has 0 radical (unpaired) electrons. The van der Waals surface area contributed by atoms with E-state index in [-0.39, 0.29) is 12.0 Å². The van der Waals surface area contributed by atoms with Crippen LogP contribution in [0.25, 0.3) is 11.1 Å². The summed E-state index contributed by atoms with van der Waals surface area (Å²) in [5, 5.41) is 0. The topological polar surface area (TPSA) is 42.0 Å². The van der Waals surface area contributed by atoms with Crippen LogP contribution in [0.3, 0.4) is 0 Å². The lowest BCUT2D eigenvalue weighted by atomic mass is 10.0. The van der Waals surface area contributed by atoms with Crippen LogP contribution < -0.4 is 9.47 Å². The Balaban J connectivity index is 1.20. The second-order valence-electron chi connectivity index (χ2n) is 9.88. The van der Waals surface area contributed by atoms with Crippen molar-refractivity contribution >= 4 is 5.91 Å². The van der Waals surface area contributed by atoms with Crippen molar-refractivity contribution in [3.63, 3.8) is 0 Å². The van der Waals surface area contributed by atoms with Crippen LogP contribution in [0.4, 0.5) is 0 Å². The van der Waals surface area contributed by atoms with Gasteiger partial charge in [-0.25, -0.2) is 0 Å². The van der Waals surface area contributed by atoms with Crippen LogP contribution in [0.1, 0.15) is 41.6 Å². The van der Waals surface area contributed by atoms with Gasteiger partial charge in [0, 0.05) is 31.2 Å². The third-order valence-corrected chi connectivity index (χ3v) is 7.58. The van der Waals surface area contributed by atoms with Crippen molar-refractivity contribution in [2.75, 3.05) is 21.2 Å². The minimum atomic E-state index is 0.00416. The molecular weight excluding hydrogens is 436 g/mol. The van der Waals surface area contributed by atoms with E-state index >= 15 is 0 Å². The molecule has 3 atom stereocenters. The second kappa shape index (κ2) is 10.1. The Morgan fingerprint density at radius 3 is 2.17 bits per heavy atom. The number of carbonyl (C=O) groups excluding carboxylic acids is 1. The predicted molar refractivity (Wildman–Crippen MR) is 139 cm³/mol. The number of piperidine rings is 1. The first-order valence-corrected chi connectivity index (χ1v) is 12.5. The summed E-state index contributed by atoms with van der Waals surface area (Å²) in [5.74, 6) is 1.74. The van der Waals surface area contributed by atoms with Crippen molar-refractivity contribution in [2.24, 2.45) is 0 Å². The molecule has 2 saturated heterocycles. The number of methoxy groups -OCH3 is 1. The molecule has 182 valence electrons. The molecule has 0 aromatic heterocycles. The fraction of sp³-hybridized carbons (Fsp3) is 0.367. The first-order chi connectivity index (χ1) is 17.0. The molecule has 2 aliphatic heterocycles. The number of carbonyl (C=O) groups is 1. The molecule has 2 bridgehead atoms. The summed E-state index contributed by atoms with van der Waals surface area (Å²) < 4.78 is 11.6. The van der Waals surface area contributed by atoms with Crippen LogP contribution in [-0.4, -0.2) is 55.1 Å². The van der Waals surface area contributed by atoms with Crippen molar-refractivity contribution in [1.29, 1.82) is 0 Å². The third kappa shape index (κ3) is 5.20. The lowest BCUT2D eigenvalue weighted by molar-refractivity contribution is 0.0659. The van der Waals surface area contributed by atoms with Gasteiger partial charge in [-0.3, -0.25) is 4.79 Å². The van der Waals surface area contributed by atoms with E-state index in [1.807, 2.05) is 67.7 Å². The number of benzene rings is 3. The number of hydrogen-bond donors (Lipinski definition) is 0. The molecule has 2 aliphatic rings.